The Morgan fingerprint density at radius 2 is 1.85 bits per heavy atom. The largest absolute Gasteiger partial charge is 0.398 e. The zero-order valence-corrected chi connectivity index (χ0v) is 11.1. The molecule has 4 nitrogen and oxygen atoms in total. The normalized spacial score (nSPS) is 12.9. The maximum absolute atomic E-state index is 12.4. The molecule has 1 aliphatic rings. The zero-order valence-electron chi connectivity index (χ0n) is 11.1. The second-order valence-corrected chi connectivity index (χ2v) is 5.00. The lowest BCUT2D eigenvalue weighted by Gasteiger charge is -2.06. The van der Waals surface area contributed by atoms with E-state index in [9.17, 15) is 9.59 Å². The number of carbonyl (C=O) groups excluding carboxylic acids is 2. The molecule has 4 heteroatoms. The molecule has 0 unspecified atom stereocenters. The third-order valence-electron chi connectivity index (χ3n) is 3.53. The van der Waals surface area contributed by atoms with Crippen LogP contribution in [0.25, 0.3) is 0 Å². The molecule has 1 amide bonds. The third kappa shape index (κ3) is 2.05. The van der Waals surface area contributed by atoms with Crippen LogP contribution in [-0.4, -0.2) is 11.7 Å². The summed E-state index contributed by atoms with van der Waals surface area (Å²) in [7, 11) is 0. The Balaban J connectivity index is 1.97. The minimum absolute atomic E-state index is 0.0378. The van der Waals surface area contributed by atoms with Crippen LogP contribution in [0.3, 0.4) is 0 Å². The number of nitrogens with two attached hydrogens (primary N) is 1. The molecule has 0 aromatic heterocycles. The molecule has 0 saturated carbocycles. The van der Waals surface area contributed by atoms with Crippen LogP contribution in [-0.2, 0) is 11.2 Å². The Morgan fingerprint density at radius 3 is 2.60 bits per heavy atom. The lowest BCUT2D eigenvalue weighted by Crippen LogP contribution is -2.03. The molecular weight excluding hydrogens is 252 g/mol. The van der Waals surface area contributed by atoms with Crippen molar-refractivity contribution < 1.29 is 9.59 Å². The summed E-state index contributed by atoms with van der Waals surface area (Å²) in [6.07, 6.45) is 0.326. The van der Waals surface area contributed by atoms with Crippen LogP contribution in [0.1, 0.15) is 27.0 Å². The summed E-state index contributed by atoms with van der Waals surface area (Å²) in [5.74, 6) is -0.122. The lowest BCUT2D eigenvalue weighted by atomic mass is 9.99. The standard InChI is InChI=1S/C16H14N2O2/c1-9-2-3-11(7-13(9)17)16(20)10-4-5-14-12(6-10)8-15(19)18-14/h2-7H,8,17H2,1H3,(H,18,19). The van der Waals surface area contributed by atoms with Gasteiger partial charge < -0.3 is 11.1 Å². The molecular formula is C16H14N2O2. The molecule has 3 N–H and O–H groups in total. The molecule has 1 aliphatic heterocycles. The first-order valence-corrected chi connectivity index (χ1v) is 6.38. The van der Waals surface area contributed by atoms with Crippen molar-refractivity contribution in [3.05, 3.63) is 58.7 Å². The molecule has 1 heterocycles. The number of nitrogens with one attached hydrogen (secondary N) is 1. The van der Waals surface area contributed by atoms with E-state index in [2.05, 4.69) is 5.32 Å². The number of anilines is 2. The number of aryl methyl sites for hydroxylation is 1. The van der Waals surface area contributed by atoms with Gasteiger partial charge in [0.15, 0.2) is 5.78 Å². The summed E-state index contributed by atoms with van der Waals surface area (Å²) in [5.41, 5.74) is 10.2. The molecule has 3 rings (SSSR count). The lowest BCUT2D eigenvalue weighted by molar-refractivity contribution is -0.115. The first-order chi connectivity index (χ1) is 9.54. The van der Waals surface area contributed by atoms with Gasteiger partial charge in [0.2, 0.25) is 5.91 Å². The van der Waals surface area contributed by atoms with Gasteiger partial charge in [-0.1, -0.05) is 12.1 Å². The van der Waals surface area contributed by atoms with Crippen LogP contribution >= 0.6 is 0 Å². The van der Waals surface area contributed by atoms with Gasteiger partial charge in [0, 0.05) is 22.5 Å². The van der Waals surface area contributed by atoms with Crippen molar-refractivity contribution in [2.75, 3.05) is 11.1 Å². The van der Waals surface area contributed by atoms with Crippen molar-refractivity contribution in [1.82, 2.24) is 0 Å². The first kappa shape index (κ1) is 12.4. The molecule has 100 valence electrons. The van der Waals surface area contributed by atoms with Gasteiger partial charge in [0.25, 0.3) is 0 Å². The highest BCUT2D eigenvalue weighted by molar-refractivity contribution is 6.10. The Morgan fingerprint density at radius 1 is 1.15 bits per heavy atom. The maximum atomic E-state index is 12.4. The zero-order chi connectivity index (χ0) is 14.3. The van der Waals surface area contributed by atoms with Crippen molar-refractivity contribution in [3.8, 4) is 0 Å². The molecule has 0 radical (unpaired) electrons. The van der Waals surface area contributed by atoms with E-state index in [1.165, 1.54) is 0 Å². The van der Waals surface area contributed by atoms with Crippen LogP contribution in [0.2, 0.25) is 0 Å². The number of rotatable bonds is 2. The van der Waals surface area contributed by atoms with E-state index >= 15 is 0 Å². The quantitative estimate of drug-likeness (QED) is 0.647. The Labute approximate surface area is 116 Å². The predicted molar refractivity (Wildman–Crippen MR) is 77.8 cm³/mol. The van der Waals surface area contributed by atoms with Gasteiger partial charge in [0.1, 0.15) is 0 Å². The monoisotopic (exact) mass is 266 g/mol. The van der Waals surface area contributed by atoms with Crippen molar-refractivity contribution in [2.24, 2.45) is 0 Å². The first-order valence-electron chi connectivity index (χ1n) is 6.38. The van der Waals surface area contributed by atoms with Gasteiger partial charge >= 0.3 is 0 Å². The topological polar surface area (TPSA) is 72.2 Å². The predicted octanol–water partition coefficient (Wildman–Crippen LogP) is 2.30. The van der Waals surface area contributed by atoms with Gasteiger partial charge in [-0.15, -0.1) is 0 Å². The smallest absolute Gasteiger partial charge is 0.228 e. The fraction of sp³-hybridized carbons (Fsp3) is 0.125. The number of hydrogen-bond donors (Lipinski definition) is 2. The SMILES string of the molecule is Cc1ccc(C(=O)c2ccc3c(c2)CC(=O)N3)cc1N. The van der Waals surface area contributed by atoms with Gasteiger partial charge in [-0.25, -0.2) is 0 Å². The molecule has 0 atom stereocenters. The number of carbonyl (C=O) groups is 2. The Kier molecular flexibility index (Phi) is 2.79. The number of amides is 1. The highest BCUT2D eigenvalue weighted by Gasteiger charge is 2.19. The Hall–Kier alpha value is -2.62. The van der Waals surface area contributed by atoms with Crippen molar-refractivity contribution in [1.29, 1.82) is 0 Å². The summed E-state index contributed by atoms with van der Waals surface area (Å²) in [6, 6.07) is 10.6. The van der Waals surface area contributed by atoms with Crippen LogP contribution in [0.15, 0.2) is 36.4 Å². The second-order valence-electron chi connectivity index (χ2n) is 5.00. The highest BCUT2D eigenvalue weighted by Crippen LogP contribution is 2.25. The van der Waals surface area contributed by atoms with E-state index in [4.69, 9.17) is 5.73 Å². The van der Waals surface area contributed by atoms with Gasteiger partial charge in [-0.05, 0) is 42.3 Å². The van der Waals surface area contributed by atoms with E-state index in [0.717, 1.165) is 16.8 Å². The average molecular weight is 266 g/mol. The van der Waals surface area contributed by atoms with E-state index in [-0.39, 0.29) is 11.7 Å². The number of fused-ring (bicyclic) bond motifs is 1. The fourth-order valence-corrected chi connectivity index (χ4v) is 2.32. The van der Waals surface area contributed by atoms with Gasteiger partial charge in [-0.3, -0.25) is 9.59 Å². The minimum atomic E-state index is -0.0844. The number of hydrogen-bond acceptors (Lipinski definition) is 3. The highest BCUT2D eigenvalue weighted by atomic mass is 16.1. The van der Waals surface area contributed by atoms with E-state index in [1.807, 2.05) is 13.0 Å². The number of benzene rings is 2. The molecule has 2 aromatic rings. The summed E-state index contributed by atoms with van der Waals surface area (Å²) in [6.45, 7) is 1.90. The molecule has 0 spiro atoms. The molecule has 0 saturated heterocycles. The molecule has 0 aliphatic carbocycles. The van der Waals surface area contributed by atoms with Crippen LogP contribution in [0, 0.1) is 6.92 Å². The van der Waals surface area contributed by atoms with Gasteiger partial charge in [-0.2, -0.15) is 0 Å². The van der Waals surface area contributed by atoms with Crippen molar-refractivity contribution in [2.45, 2.75) is 13.3 Å². The third-order valence-corrected chi connectivity index (χ3v) is 3.53. The molecule has 0 fully saturated rings. The maximum Gasteiger partial charge on any atom is 0.228 e. The summed E-state index contributed by atoms with van der Waals surface area (Å²) in [5, 5.41) is 2.75. The van der Waals surface area contributed by atoms with Crippen molar-refractivity contribution in [3.63, 3.8) is 0 Å². The Bertz CT molecular complexity index is 735. The minimum Gasteiger partial charge on any atom is -0.398 e. The van der Waals surface area contributed by atoms with Crippen molar-refractivity contribution >= 4 is 23.1 Å². The fourth-order valence-electron chi connectivity index (χ4n) is 2.32. The van der Waals surface area contributed by atoms with Crippen LogP contribution in [0.4, 0.5) is 11.4 Å². The summed E-state index contributed by atoms with van der Waals surface area (Å²) in [4.78, 5) is 23.8. The van der Waals surface area contributed by atoms with Gasteiger partial charge in [0.05, 0.1) is 6.42 Å². The second kappa shape index (κ2) is 4.49. The average Bonchev–Trinajstić information content (AvgIpc) is 2.80. The molecule has 2 aromatic carbocycles. The van der Waals surface area contributed by atoms with Crippen LogP contribution < -0.4 is 11.1 Å². The molecule has 20 heavy (non-hydrogen) atoms. The number of ketones is 1. The van der Waals surface area contributed by atoms with E-state index in [0.29, 0.717) is 23.2 Å². The summed E-state index contributed by atoms with van der Waals surface area (Å²) < 4.78 is 0. The number of nitrogen functional groups attached to an aromatic ring is 1. The van der Waals surface area contributed by atoms with E-state index in [1.54, 1.807) is 30.3 Å². The molecule has 0 bridgehead atoms. The van der Waals surface area contributed by atoms with E-state index < -0.39 is 0 Å². The van der Waals surface area contributed by atoms with Crippen LogP contribution in [0.5, 0.6) is 0 Å². The summed E-state index contributed by atoms with van der Waals surface area (Å²) >= 11 is 0.